The van der Waals surface area contributed by atoms with Crippen molar-refractivity contribution in [2.75, 3.05) is 0 Å². The molecule has 0 aromatic heterocycles. The molecule has 0 bridgehead atoms. The first-order chi connectivity index (χ1) is 9.10. The van der Waals surface area contributed by atoms with Crippen LogP contribution in [0.5, 0.6) is 0 Å². The molecule has 0 aliphatic rings. The second kappa shape index (κ2) is 4.77. The van der Waals surface area contributed by atoms with Gasteiger partial charge in [0.15, 0.2) is 6.10 Å². The van der Waals surface area contributed by atoms with Crippen molar-refractivity contribution in [3.05, 3.63) is 47.5 Å². The van der Waals surface area contributed by atoms with Crippen molar-refractivity contribution < 1.29 is 18.3 Å². The number of hydrogen-bond donors (Lipinski definition) is 1. The van der Waals surface area contributed by atoms with E-state index in [-0.39, 0.29) is 11.0 Å². The first-order valence-electron chi connectivity index (χ1n) is 6.38. The molecule has 2 rings (SSSR count). The van der Waals surface area contributed by atoms with Gasteiger partial charge in [-0.25, -0.2) is 0 Å². The predicted octanol–water partition coefficient (Wildman–Crippen LogP) is 4.73. The van der Waals surface area contributed by atoms with Crippen molar-refractivity contribution >= 4 is 10.8 Å². The molecule has 4 heteroatoms. The molecule has 0 saturated carbocycles. The average Bonchev–Trinajstić information content (AvgIpc) is 2.34. The Kier molecular flexibility index (Phi) is 3.54. The molecule has 0 aliphatic heterocycles. The van der Waals surface area contributed by atoms with E-state index in [1.54, 1.807) is 24.3 Å². The summed E-state index contributed by atoms with van der Waals surface area (Å²) >= 11 is 0. The number of benzene rings is 2. The lowest BCUT2D eigenvalue weighted by Gasteiger charge is -2.24. The molecule has 1 nitrogen and oxygen atoms in total. The Labute approximate surface area is 116 Å². The third kappa shape index (κ3) is 2.80. The highest BCUT2D eigenvalue weighted by Gasteiger charge is 2.40. The van der Waals surface area contributed by atoms with Crippen LogP contribution < -0.4 is 0 Å². The Morgan fingerprint density at radius 2 is 1.60 bits per heavy atom. The fourth-order valence-corrected chi connectivity index (χ4v) is 2.18. The van der Waals surface area contributed by atoms with E-state index in [9.17, 15) is 18.3 Å². The first kappa shape index (κ1) is 14.9. The maximum atomic E-state index is 12.8. The van der Waals surface area contributed by atoms with Gasteiger partial charge < -0.3 is 5.11 Å². The van der Waals surface area contributed by atoms with E-state index < -0.39 is 12.3 Å². The summed E-state index contributed by atoms with van der Waals surface area (Å²) in [5, 5.41) is 10.8. The van der Waals surface area contributed by atoms with Crippen molar-refractivity contribution in [2.24, 2.45) is 0 Å². The van der Waals surface area contributed by atoms with Crippen LogP contribution in [0.15, 0.2) is 36.4 Å². The molecular formula is C16H17F3O. The standard InChI is InChI=1S/C16H17F3O/c1-15(2,3)11-8-10-6-4-5-7-12(10)13(9-11)14(20)16(17,18)19/h4-9,14,20H,1-3H3. The summed E-state index contributed by atoms with van der Waals surface area (Å²) in [5.41, 5.74) is 0.402. The van der Waals surface area contributed by atoms with Gasteiger partial charge in [0, 0.05) is 0 Å². The lowest BCUT2D eigenvalue weighted by atomic mass is 9.83. The van der Waals surface area contributed by atoms with E-state index in [0.717, 1.165) is 5.56 Å². The van der Waals surface area contributed by atoms with Crippen LogP contribution in [0.2, 0.25) is 0 Å². The van der Waals surface area contributed by atoms with Crippen LogP contribution in [0.25, 0.3) is 10.8 Å². The minimum Gasteiger partial charge on any atom is -0.379 e. The fraction of sp³-hybridized carbons (Fsp3) is 0.375. The largest absolute Gasteiger partial charge is 0.418 e. The smallest absolute Gasteiger partial charge is 0.379 e. The van der Waals surface area contributed by atoms with Gasteiger partial charge in [-0.2, -0.15) is 13.2 Å². The molecular weight excluding hydrogens is 265 g/mol. The topological polar surface area (TPSA) is 20.2 Å². The monoisotopic (exact) mass is 282 g/mol. The molecule has 108 valence electrons. The van der Waals surface area contributed by atoms with Crippen molar-refractivity contribution in [1.82, 2.24) is 0 Å². The zero-order valence-electron chi connectivity index (χ0n) is 11.6. The second-order valence-corrected chi connectivity index (χ2v) is 5.98. The van der Waals surface area contributed by atoms with Gasteiger partial charge >= 0.3 is 6.18 Å². The summed E-state index contributed by atoms with van der Waals surface area (Å²) in [7, 11) is 0. The SMILES string of the molecule is CC(C)(C)c1cc(C(O)C(F)(F)F)c2ccccc2c1. The maximum Gasteiger partial charge on any atom is 0.418 e. The van der Waals surface area contributed by atoms with Crippen LogP contribution >= 0.6 is 0 Å². The Balaban J connectivity index is 2.74. The molecule has 1 atom stereocenters. The minimum absolute atomic E-state index is 0.0828. The minimum atomic E-state index is -4.67. The van der Waals surface area contributed by atoms with Crippen molar-refractivity contribution in [2.45, 2.75) is 38.5 Å². The van der Waals surface area contributed by atoms with Gasteiger partial charge in [0.2, 0.25) is 0 Å². The highest BCUT2D eigenvalue weighted by atomic mass is 19.4. The normalized spacial score (nSPS) is 14.6. The van der Waals surface area contributed by atoms with E-state index in [1.807, 2.05) is 26.8 Å². The molecule has 0 amide bonds. The summed E-state index contributed by atoms with van der Waals surface area (Å²) in [6.07, 6.45) is -7.13. The molecule has 2 aromatic rings. The molecule has 0 saturated heterocycles. The highest BCUT2D eigenvalue weighted by molar-refractivity contribution is 5.87. The Morgan fingerprint density at radius 3 is 2.15 bits per heavy atom. The average molecular weight is 282 g/mol. The summed E-state index contributed by atoms with van der Waals surface area (Å²) in [6.45, 7) is 5.79. The van der Waals surface area contributed by atoms with Crippen LogP contribution in [0, 0.1) is 0 Å². The lowest BCUT2D eigenvalue weighted by Crippen LogP contribution is -2.21. The lowest BCUT2D eigenvalue weighted by molar-refractivity contribution is -0.206. The highest BCUT2D eigenvalue weighted by Crippen LogP contribution is 2.38. The van der Waals surface area contributed by atoms with Crippen LogP contribution in [0.3, 0.4) is 0 Å². The zero-order chi connectivity index (χ0) is 15.1. The van der Waals surface area contributed by atoms with Crippen LogP contribution in [-0.4, -0.2) is 11.3 Å². The molecule has 1 unspecified atom stereocenters. The third-order valence-corrected chi connectivity index (χ3v) is 3.36. The van der Waals surface area contributed by atoms with E-state index in [1.165, 1.54) is 6.07 Å². The van der Waals surface area contributed by atoms with Crippen molar-refractivity contribution in [3.63, 3.8) is 0 Å². The van der Waals surface area contributed by atoms with E-state index in [0.29, 0.717) is 10.8 Å². The van der Waals surface area contributed by atoms with E-state index in [2.05, 4.69) is 0 Å². The van der Waals surface area contributed by atoms with Crippen LogP contribution in [0.1, 0.15) is 38.0 Å². The van der Waals surface area contributed by atoms with E-state index in [4.69, 9.17) is 0 Å². The van der Waals surface area contributed by atoms with Gasteiger partial charge in [0.05, 0.1) is 0 Å². The Hall–Kier alpha value is -1.55. The summed E-state index contributed by atoms with van der Waals surface area (Å²) in [5.74, 6) is 0. The van der Waals surface area contributed by atoms with Gasteiger partial charge in [0.1, 0.15) is 0 Å². The Bertz CT molecular complexity index is 624. The van der Waals surface area contributed by atoms with E-state index >= 15 is 0 Å². The van der Waals surface area contributed by atoms with Gasteiger partial charge in [-0.05, 0) is 27.3 Å². The molecule has 0 spiro atoms. The van der Waals surface area contributed by atoms with Crippen LogP contribution in [0.4, 0.5) is 13.2 Å². The molecule has 0 aliphatic carbocycles. The quantitative estimate of drug-likeness (QED) is 0.801. The number of alkyl halides is 3. The molecule has 2 aromatic carbocycles. The first-order valence-corrected chi connectivity index (χ1v) is 6.38. The van der Waals surface area contributed by atoms with Crippen molar-refractivity contribution in [1.29, 1.82) is 0 Å². The molecule has 0 radical (unpaired) electrons. The number of aliphatic hydroxyl groups is 1. The number of rotatable bonds is 1. The fourth-order valence-electron chi connectivity index (χ4n) is 2.18. The molecule has 0 fully saturated rings. The Morgan fingerprint density at radius 1 is 1.00 bits per heavy atom. The molecule has 20 heavy (non-hydrogen) atoms. The summed E-state index contributed by atoms with van der Waals surface area (Å²) in [4.78, 5) is 0. The van der Waals surface area contributed by atoms with Gasteiger partial charge in [-0.1, -0.05) is 57.2 Å². The summed E-state index contributed by atoms with van der Waals surface area (Å²) in [6, 6.07) is 10.1. The van der Waals surface area contributed by atoms with Gasteiger partial charge in [0.25, 0.3) is 0 Å². The molecule has 0 heterocycles. The maximum absolute atomic E-state index is 12.8. The van der Waals surface area contributed by atoms with Gasteiger partial charge in [-0.15, -0.1) is 0 Å². The second-order valence-electron chi connectivity index (χ2n) is 5.98. The number of fused-ring (bicyclic) bond motifs is 1. The third-order valence-electron chi connectivity index (χ3n) is 3.36. The zero-order valence-corrected chi connectivity index (χ0v) is 11.6. The van der Waals surface area contributed by atoms with Crippen LogP contribution in [-0.2, 0) is 5.41 Å². The number of aliphatic hydroxyl groups excluding tert-OH is 1. The summed E-state index contributed by atoms with van der Waals surface area (Å²) < 4.78 is 38.5. The predicted molar refractivity (Wildman–Crippen MR) is 73.7 cm³/mol. The van der Waals surface area contributed by atoms with Crippen molar-refractivity contribution in [3.8, 4) is 0 Å². The van der Waals surface area contributed by atoms with Gasteiger partial charge in [-0.3, -0.25) is 0 Å². The number of hydrogen-bond acceptors (Lipinski definition) is 1. The molecule has 1 N–H and O–H groups in total. The number of halogens is 3.